The molecule has 0 radical (unpaired) electrons. The van der Waals surface area contributed by atoms with Crippen molar-refractivity contribution in [1.29, 1.82) is 0 Å². The van der Waals surface area contributed by atoms with E-state index in [0.717, 1.165) is 40.0 Å². The minimum atomic E-state index is -0.321. The van der Waals surface area contributed by atoms with Crippen LogP contribution in [0.4, 0.5) is 17.3 Å². The van der Waals surface area contributed by atoms with Crippen molar-refractivity contribution in [2.45, 2.75) is 59.2 Å². The van der Waals surface area contributed by atoms with E-state index in [9.17, 15) is 9.59 Å². The predicted octanol–water partition coefficient (Wildman–Crippen LogP) is 6.24. The summed E-state index contributed by atoms with van der Waals surface area (Å²) in [4.78, 5) is 35.1. The van der Waals surface area contributed by atoms with Crippen molar-refractivity contribution in [3.63, 3.8) is 0 Å². The van der Waals surface area contributed by atoms with Gasteiger partial charge in [0.2, 0.25) is 11.9 Å². The maximum Gasteiger partial charge on any atom is 0.303 e. The van der Waals surface area contributed by atoms with Crippen LogP contribution in [0.3, 0.4) is 0 Å². The summed E-state index contributed by atoms with van der Waals surface area (Å²) in [7, 11) is 0. The fourth-order valence-corrected chi connectivity index (χ4v) is 5.49. The standard InChI is InChI=1S/C32H37N5O3/c1-21(38)40-28-17-18-29(32(2,3)4)37(27-12-8-5-9-24(27)28)20-30(39)33-19-22-13-15-23(16-14-22)34-31-35-25-10-6-7-11-26(25)36-31/h5-16,28-29H,17-20H2,1-4H3,(H,33,39)(H2,34,35,36). The molecule has 2 atom stereocenters. The Labute approximate surface area is 235 Å². The van der Waals surface area contributed by atoms with E-state index in [1.165, 1.54) is 6.92 Å². The van der Waals surface area contributed by atoms with Gasteiger partial charge in [-0.15, -0.1) is 0 Å². The van der Waals surface area contributed by atoms with Crippen molar-refractivity contribution in [3.05, 3.63) is 83.9 Å². The smallest absolute Gasteiger partial charge is 0.303 e. The zero-order valence-electron chi connectivity index (χ0n) is 23.5. The van der Waals surface area contributed by atoms with Gasteiger partial charge < -0.3 is 25.3 Å². The van der Waals surface area contributed by atoms with E-state index in [-0.39, 0.29) is 36.0 Å². The van der Waals surface area contributed by atoms with Crippen LogP contribution < -0.4 is 15.5 Å². The quantitative estimate of drug-likeness (QED) is 0.240. The molecule has 0 saturated carbocycles. The summed E-state index contributed by atoms with van der Waals surface area (Å²) in [6.07, 6.45) is 1.20. The van der Waals surface area contributed by atoms with E-state index in [1.54, 1.807) is 0 Å². The van der Waals surface area contributed by atoms with Gasteiger partial charge in [-0.05, 0) is 54.2 Å². The summed E-state index contributed by atoms with van der Waals surface area (Å²) in [6.45, 7) is 8.67. The number of carbonyl (C=O) groups excluding carboxylic acids is 2. The fourth-order valence-electron chi connectivity index (χ4n) is 5.49. The van der Waals surface area contributed by atoms with Crippen molar-refractivity contribution in [2.75, 3.05) is 16.8 Å². The number of nitrogens with zero attached hydrogens (tertiary/aromatic N) is 2. The van der Waals surface area contributed by atoms with Crippen molar-refractivity contribution < 1.29 is 14.3 Å². The van der Waals surface area contributed by atoms with Crippen LogP contribution in [0, 0.1) is 5.41 Å². The first-order valence-corrected chi connectivity index (χ1v) is 13.8. The number of aromatic nitrogens is 2. The second-order valence-corrected chi connectivity index (χ2v) is 11.4. The SMILES string of the molecule is CC(=O)OC1CCC(C(C)(C)C)N(CC(=O)NCc2ccc(Nc3nc4ccccc4[nH]3)cc2)c2ccccc21. The Kier molecular flexibility index (Phi) is 7.78. The molecule has 40 heavy (non-hydrogen) atoms. The molecule has 0 bridgehead atoms. The number of carbonyl (C=O) groups is 2. The maximum atomic E-state index is 13.3. The van der Waals surface area contributed by atoms with Gasteiger partial charge in [-0.2, -0.15) is 0 Å². The number of amides is 1. The number of H-pyrrole nitrogens is 1. The van der Waals surface area contributed by atoms with Gasteiger partial charge >= 0.3 is 5.97 Å². The number of nitrogens with one attached hydrogen (secondary N) is 3. The largest absolute Gasteiger partial charge is 0.458 e. The number of aromatic amines is 1. The summed E-state index contributed by atoms with van der Waals surface area (Å²) in [6, 6.07) is 23.9. The van der Waals surface area contributed by atoms with Gasteiger partial charge in [-0.25, -0.2) is 4.98 Å². The third-order valence-corrected chi connectivity index (χ3v) is 7.39. The highest BCUT2D eigenvalue weighted by atomic mass is 16.5. The summed E-state index contributed by atoms with van der Waals surface area (Å²) < 4.78 is 5.70. The molecule has 3 aromatic carbocycles. The van der Waals surface area contributed by atoms with Crippen LogP contribution in [-0.2, 0) is 20.9 Å². The number of rotatable bonds is 7. The van der Waals surface area contributed by atoms with Crippen LogP contribution >= 0.6 is 0 Å². The molecule has 4 aromatic rings. The second-order valence-electron chi connectivity index (χ2n) is 11.4. The molecule has 1 aromatic heterocycles. The lowest BCUT2D eigenvalue weighted by Gasteiger charge is -2.40. The summed E-state index contributed by atoms with van der Waals surface area (Å²) in [5.74, 6) is 0.334. The molecule has 8 heteroatoms. The molecule has 0 aliphatic carbocycles. The number of imidazole rings is 1. The topological polar surface area (TPSA) is 99.3 Å². The van der Waals surface area contributed by atoms with Crippen molar-refractivity contribution in [3.8, 4) is 0 Å². The lowest BCUT2D eigenvalue weighted by Crippen LogP contribution is -2.48. The molecular formula is C32H37N5O3. The highest BCUT2D eigenvalue weighted by Gasteiger charge is 2.37. The Morgan fingerprint density at radius 3 is 2.45 bits per heavy atom. The summed E-state index contributed by atoms with van der Waals surface area (Å²) in [5.41, 5.74) is 5.61. The zero-order valence-corrected chi connectivity index (χ0v) is 23.5. The Morgan fingerprint density at radius 1 is 1.00 bits per heavy atom. The van der Waals surface area contributed by atoms with Gasteiger partial charge in [-0.1, -0.05) is 63.2 Å². The molecule has 2 unspecified atom stereocenters. The summed E-state index contributed by atoms with van der Waals surface area (Å²) in [5, 5.41) is 6.39. The monoisotopic (exact) mass is 539 g/mol. The number of hydrogen-bond acceptors (Lipinski definition) is 6. The minimum Gasteiger partial charge on any atom is -0.458 e. The number of ether oxygens (including phenoxy) is 1. The molecule has 1 aliphatic heterocycles. The number of benzene rings is 3. The van der Waals surface area contributed by atoms with Gasteiger partial charge in [0, 0.05) is 36.4 Å². The highest BCUT2D eigenvalue weighted by Crippen LogP contribution is 2.42. The van der Waals surface area contributed by atoms with Crippen LogP contribution in [0.25, 0.3) is 11.0 Å². The van der Waals surface area contributed by atoms with Gasteiger partial charge in [0.15, 0.2) is 0 Å². The molecule has 5 rings (SSSR count). The normalized spacial score (nSPS) is 17.1. The average molecular weight is 540 g/mol. The Hall–Kier alpha value is -4.33. The van der Waals surface area contributed by atoms with Crippen LogP contribution in [0.15, 0.2) is 72.8 Å². The molecule has 1 aliphatic rings. The third-order valence-electron chi connectivity index (χ3n) is 7.39. The first-order valence-electron chi connectivity index (χ1n) is 13.8. The van der Waals surface area contributed by atoms with E-state index < -0.39 is 0 Å². The number of fused-ring (bicyclic) bond motifs is 2. The fraction of sp³-hybridized carbons (Fsp3) is 0.344. The molecule has 1 amide bonds. The molecule has 2 heterocycles. The molecular weight excluding hydrogens is 502 g/mol. The average Bonchev–Trinajstić information content (AvgIpc) is 3.26. The number of hydrogen-bond donors (Lipinski definition) is 3. The van der Waals surface area contributed by atoms with Crippen LogP contribution in [0.1, 0.15) is 57.8 Å². The van der Waals surface area contributed by atoms with Crippen LogP contribution in [0.5, 0.6) is 0 Å². The number of para-hydroxylation sites is 3. The van der Waals surface area contributed by atoms with Crippen LogP contribution in [0.2, 0.25) is 0 Å². The predicted molar refractivity (Wildman–Crippen MR) is 158 cm³/mol. The van der Waals surface area contributed by atoms with Gasteiger partial charge in [0.1, 0.15) is 6.10 Å². The highest BCUT2D eigenvalue weighted by molar-refractivity contribution is 5.82. The summed E-state index contributed by atoms with van der Waals surface area (Å²) >= 11 is 0. The zero-order chi connectivity index (χ0) is 28.3. The first-order chi connectivity index (χ1) is 19.2. The molecule has 0 saturated heterocycles. The van der Waals surface area contributed by atoms with Crippen LogP contribution in [-0.4, -0.2) is 34.4 Å². The Balaban J connectivity index is 1.25. The molecule has 208 valence electrons. The Bertz CT molecular complexity index is 1460. The van der Waals surface area contributed by atoms with Gasteiger partial charge in [0.25, 0.3) is 0 Å². The van der Waals surface area contributed by atoms with Gasteiger partial charge in [0.05, 0.1) is 17.6 Å². The third kappa shape index (κ3) is 6.28. The minimum absolute atomic E-state index is 0.0560. The van der Waals surface area contributed by atoms with E-state index in [0.29, 0.717) is 18.9 Å². The molecule has 8 nitrogen and oxygen atoms in total. The molecule has 3 N–H and O–H groups in total. The van der Waals surface area contributed by atoms with E-state index in [2.05, 4.69) is 46.3 Å². The van der Waals surface area contributed by atoms with E-state index in [1.807, 2.05) is 72.8 Å². The van der Waals surface area contributed by atoms with Gasteiger partial charge in [-0.3, -0.25) is 9.59 Å². The maximum absolute atomic E-state index is 13.3. The number of anilines is 3. The lowest BCUT2D eigenvalue weighted by molar-refractivity contribution is -0.147. The van der Waals surface area contributed by atoms with E-state index >= 15 is 0 Å². The van der Waals surface area contributed by atoms with Crippen molar-refractivity contribution in [1.82, 2.24) is 15.3 Å². The second kappa shape index (κ2) is 11.4. The van der Waals surface area contributed by atoms with Crippen molar-refractivity contribution >= 4 is 40.2 Å². The van der Waals surface area contributed by atoms with Crippen molar-refractivity contribution in [2.24, 2.45) is 5.41 Å². The molecule has 0 fully saturated rings. The van der Waals surface area contributed by atoms with E-state index in [4.69, 9.17) is 4.74 Å². The molecule has 0 spiro atoms. The lowest BCUT2D eigenvalue weighted by atomic mass is 9.83. The first kappa shape index (κ1) is 27.2. The number of esters is 1. The Morgan fingerprint density at radius 2 is 1.73 bits per heavy atom.